The van der Waals surface area contributed by atoms with Gasteiger partial charge in [-0.2, -0.15) is 0 Å². The van der Waals surface area contributed by atoms with Crippen molar-refractivity contribution in [3.8, 4) is 5.75 Å². The average molecular weight is 467 g/mol. The number of nitrogens with one attached hydrogen (secondary N) is 2. The Hall–Kier alpha value is -2.26. The van der Waals surface area contributed by atoms with Crippen molar-refractivity contribution in [1.29, 1.82) is 0 Å². The molecular formula is C24H36F2N4O3. The fraction of sp³-hybridized carbons (Fsp3) is 0.667. The highest BCUT2D eigenvalue weighted by atomic mass is 19.2. The molecule has 5 atom stereocenters. The van der Waals surface area contributed by atoms with Crippen LogP contribution in [0, 0.1) is 17.0 Å². The zero-order valence-corrected chi connectivity index (χ0v) is 20.3. The van der Waals surface area contributed by atoms with Crippen molar-refractivity contribution in [1.82, 2.24) is 20.4 Å². The second-order valence-electron chi connectivity index (χ2n) is 10.0. The summed E-state index contributed by atoms with van der Waals surface area (Å²) in [4.78, 5) is 30.4. The molecule has 1 aromatic carbocycles. The van der Waals surface area contributed by atoms with Gasteiger partial charge in [0.2, 0.25) is 11.8 Å². The molecule has 9 heteroatoms. The molecule has 2 heterocycles. The third-order valence-electron chi connectivity index (χ3n) is 6.78. The van der Waals surface area contributed by atoms with E-state index in [-0.39, 0.29) is 35.8 Å². The number of carbonyl (C=O) groups excluding carboxylic acids is 2. The predicted octanol–water partition coefficient (Wildman–Crippen LogP) is 2.16. The van der Waals surface area contributed by atoms with Crippen molar-refractivity contribution in [2.24, 2.45) is 5.41 Å². The Bertz CT molecular complexity index is 876. The van der Waals surface area contributed by atoms with Crippen LogP contribution in [0.3, 0.4) is 0 Å². The Morgan fingerprint density at radius 1 is 1.24 bits per heavy atom. The predicted molar refractivity (Wildman–Crippen MR) is 122 cm³/mol. The van der Waals surface area contributed by atoms with E-state index in [2.05, 4.69) is 22.5 Å². The molecule has 0 aliphatic carbocycles. The number of hydrogen-bond acceptors (Lipinski definition) is 5. The fourth-order valence-electron chi connectivity index (χ4n) is 4.79. The molecule has 0 radical (unpaired) electrons. The maximum atomic E-state index is 13.8. The number of nitrogens with zero attached hydrogens (tertiary/aromatic N) is 2. The van der Waals surface area contributed by atoms with Crippen LogP contribution < -0.4 is 15.4 Å². The topological polar surface area (TPSA) is 73.9 Å². The van der Waals surface area contributed by atoms with Crippen LogP contribution in [0.25, 0.3) is 0 Å². The zero-order chi connectivity index (χ0) is 24.5. The monoisotopic (exact) mass is 466 g/mol. The average Bonchev–Trinajstić information content (AvgIpc) is 3.33. The first-order valence-electron chi connectivity index (χ1n) is 11.6. The number of carbonyl (C=O) groups is 2. The molecule has 2 fully saturated rings. The van der Waals surface area contributed by atoms with Gasteiger partial charge in [-0.25, -0.2) is 8.78 Å². The Balaban J connectivity index is 1.85. The van der Waals surface area contributed by atoms with Gasteiger partial charge in [-0.3, -0.25) is 14.5 Å². The van der Waals surface area contributed by atoms with E-state index < -0.39 is 29.1 Å². The van der Waals surface area contributed by atoms with Gasteiger partial charge in [-0.1, -0.05) is 27.7 Å². The summed E-state index contributed by atoms with van der Waals surface area (Å²) in [6.07, 6.45) is 0.401. The first-order valence-corrected chi connectivity index (χ1v) is 11.6. The van der Waals surface area contributed by atoms with Crippen molar-refractivity contribution < 1.29 is 23.1 Å². The molecule has 1 aromatic rings. The van der Waals surface area contributed by atoms with Gasteiger partial charge in [0.15, 0.2) is 11.6 Å². The second kappa shape index (κ2) is 9.93. The normalized spacial score (nSPS) is 25.0. The van der Waals surface area contributed by atoms with Gasteiger partial charge in [-0.05, 0) is 44.5 Å². The van der Waals surface area contributed by atoms with E-state index in [0.29, 0.717) is 13.1 Å². The van der Waals surface area contributed by atoms with Gasteiger partial charge < -0.3 is 20.3 Å². The van der Waals surface area contributed by atoms with Crippen LogP contribution in [0.1, 0.15) is 41.0 Å². The third-order valence-corrected chi connectivity index (χ3v) is 6.78. The standard InChI is InChI=1S/C24H36F2N4O3/c1-7-29-13-19(33-15-8-9-16(25)17(26)12-15)20-18(29)10-11-30(20)23(32)21(24(3,4)5)28-22(31)14(2)27-6/h8-9,12,14,18-21,27H,7,10-11,13H2,1-6H3,(H,28,31). The molecule has 184 valence electrons. The van der Waals surface area contributed by atoms with Crippen LogP contribution in [-0.4, -0.2) is 78.6 Å². The number of fused-ring (bicyclic) bond motifs is 1. The highest BCUT2D eigenvalue weighted by molar-refractivity contribution is 5.90. The van der Waals surface area contributed by atoms with Crippen LogP contribution >= 0.6 is 0 Å². The van der Waals surface area contributed by atoms with Gasteiger partial charge in [0, 0.05) is 25.2 Å². The summed E-state index contributed by atoms with van der Waals surface area (Å²) >= 11 is 0. The van der Waals surface area contributed by atoms with Crippen molar-refractivity contribution in [3.63, 3.8) is 0 Å². The van der Waals surface area contributed by atoms with Gasteiger partial charge in [-0.15, -0.1) is 0 Å². The molecule has 7 nitrogen and oxygen atoms in total. The fourth-order valence-corrected chi connectivity index (χ4v) is 4.79. The number of ether oxygens (including phenoxy) is 1. The van der Waals surface area contributed by atoms with Crippen LogP contribution in [-0.2, 0) is 9.59 Å². The molecule has 0 bridgehead atoms. The highest BCUT2D eigenvalue weighted by Crippen LogP contribution is 2.36. The molecule has 2 aliphatic rings. The van der Waals surface area contributed by atoms with Crippen molar-refractivity contribution in [2.45, 2.75) is 71.3 Å². The summed E-state index contributed by atoms with van der Waals surface area (Å²) in [6.45, 7) is 11.5. The summed E-state index contributed by atoms with van der Waals surface area (Å²) < 4.78 is 33.2. The number of halogens is 2. The number of benzene rings is 1. The van der Waals surface area contributed by atoms with Crippen LogP contribution in [0.5, 0.6) is 5.75 Å². The van der Waals surface area contributed by atoms with E-state index in [1.807, 2.05) is 25.7 Å². The van der Waals surface area contributed by atoms with Gasteiger partial charge in [0.25, 0.3) is 0 Å². The SMILES string of the molecule is CCN1CC(Oc2ccc(F)c(F)c2)C2C1CCN2C(=O)C(NC(=O)C(C)NC)C(C)(C)C. The number of amides is 2. The van der Waals surface area contributed by atoms with Crippen LogP contribution in [0.2, 0.25) is 0 Å². The van der Waals surface area contributed by atoms with Gasteiger partial charge >= 0.3 is 0 Å². The summed E-state index contributed by atoms with van der Waals surface area (Å²) in [6, 6.07) is 2.22. The molecule has 0 aromatic heterocycles. The first-order chi connectivity index (χ1) is 15.5. The zero-order valence-electron chi connectivity index (χ0n) is 20.3. The van der Waals surface area contributed by atoms with Crippen LogP contribution in [0.15, 0.2) is 18.2 Å². The maximum Gasteiger partial charge on any atom is 0.246 e. The van der Waals surface area contributed by atoms with E-state index in [4.69, 9.17) is 4.74 Å². The first kappa shape index (κ1) is 25.4. The minimum absolute atomic E-state index is 0.113. The minimum atomic E-state index is -0.970. The van der Waals surface area contributed by atoms with E-state index in [0.717, 1.165) is 25.1 Å². The summed E-state index contributed by atoms with van der Waals surface area (Å²) in [5.41, 5.74) is -0.502. The van der Waals surface area contributed by atoms with Crippen LogP contribution in [0.4, 0.5) is 8.78 Å². The summed E-state index contributed by atoms with van der Waals surface area (Å²) in [5, 5.41) is 5.83. The number of hydrogen-bond donors (Lipinski definition) is 2. The van der Waals surface area contributed by atoms with E-state index in [9.17, 15) is 18.4 Å². The van der Waals surface area contributed by atoms with Crippen molar-refractivity contribution in [3.05, 3.63) is 29.8 Å². The molecule has 2 amide bonds. The van der Waals surface area contributed by atoms with Crippen molar-refractivity contribution >= 4 is 11.8 Å². The van der Waals surface area contributed by atoms with E-state index in [1.165, 1.54) is 6.07 Å². The van der Waals surface area contributed by atoms with E-state index in [1.54, 1.807) is 14.0 Å². The lowest BCUT2D eigenvalue weighted by molar-refractivity contribution is -0.141. The number of likely N-dealkylation sites (tertiary alicyclic amines) is 2. The Labute approximate surface area is 194 Å². The largest absolute Gasteiger partial charge is 0.487 e. The number of likely N-dealkylation sites (N-methyl/N-ethyl adjacent to an activating group) is 2. The molecule has 2 N–H and O–H groups in total. The third kappa shape index (κ3) is 5.30. The lowest BCUT2D eigenvalue weighted by atomic mass is 9.85. The van der Waals surface area contributed by atoms with Gasteiger partial charge in [0.1, 0.15) is 17.9 Å². The van der Waals surface area contributed by atoms with Gasteiger partial charge in [0.05, 0.1) is 12.1 Å². The molecule has 0 spiro atoms. The molecule has 2 saturated heterocycles. The Kier molecular flexibility index (Phi) is 7.63. The smallest absolute Gasteiger partial charge is 0.246 e. The minimum Gasteiger partial charge on any atom is -0.487 e. The Morgan fingerprint density at radius 3 is 2.52 bits per heavy atom. The summed E-state index contributed by atoms with van der Waals surface area (Å²) in [5.74, 6) is -2.05. The molecular weight excluding hydrogens is 430 g/mol. The molecule has 2 aliphatic heterocycles. The highest BCUT2D eigenvalue weighted by Gasteiger charge is 2.52. The Morgan fingerprint density at radius 2 is 1.94 bits per heavy atom. The van der Waals surface area contributed by atoms with Crippen molar-refractivity contribution in [2.75, 3.05) is 26.7 Å². The maximum absolute atomic E-state index is 13.8. The molecule has 3 rings (SSSR count). The lowest BCUT2D eigenvalue weighted by Gasteiger charge is -2.37. The quantitative estimate of drug-likeness (QED) is 0.644. The molecule has 33 heavy (non-hydrogen) atoms. The molecule has 5 unspecified atom stereocenters. The number of rotatable bonds is 7. The lowest BCUT2D eigenvalue weighted by Crippen LogP contribution is -2.59. The second-order valence-corrected chi connectivity index (χ2v) is 10.0. The summed E-state index contributed by atoms with van der Waals surface area (Å²) in [7, 11) is 1.70. The molecule has 0 saturated carbocycles. The van der Waals surface area contributed by atoms with E-state index >= 15 is 0 Å².